The van der Waals surface area contributed by atoms with Crippen molar-refractivity contribution in [3.63, 3.8) is 0 Å². The van der Waals surface area contributed by atoms with Crippen molar-refractivity contribution in [2.75, 3.05) is 0 Å². The number of pyridine rings is 1. The fourth-order valence-corrected chi connectivity index (χ4v) is 9.81. The molecule has 3 heterocycles. The Morgan fingerprint density at radius 3 is 1.97 bits per heavy atom. The van der Waals surface area contributed by atoms with E-state index in [1.165, 1.54) is 41.6 Å². The number of aryl methyl sites for hydroxylation is 3. The van der Waals surface area contributed by atoms with Gasteiger partial charge in [-0.1, -0.05) is 183 Å². The predicted octanol–water partition coefficient (Wildman–Crippen LogP) is 17.4. The maximum absolute atomic E-state index is 8.68. The molecule has 6 heteroatoms. The van der Waals surface area contributed by atoms with Crippen LogP contribution in [0.15, 0.2) is 170 Å². The Hall–Kier alpha value is -7.33. The standard InChI is InChI=1S/C69H64N4O.Pt/c1-44-21-18-22-45(2)65(44)48-31-34-61-63(38-48)71(43-72(61)66-55(28-20-29-59(66)69(10,11)12)49-36-50(67(4,5)6)39-51(37-49)68(7,8)9)52-25-19-26-53(40-52)74-54-32-33-57-56-27-16-17-30-60(56)73(62(57)41-54)64-35-46(3)58(42-70-64)47-23-14-13-15-24-47;/h13-39,42H,1-12H3;/q-2;/i1D3,2D3,3D3,13D,14D,15D,23D,24D;. The molecule has 0 aliphatic rings. The minimum absolute atomic E-state index is 0. The van der Waals surface area contributed by atoms with Crippen LogP contribution in [0.25, 0.3) is 83.4 Å². The molecule has 5 nitrogen and oxygen atoms in total. The molecule has 0 aliphatic carbocycles. The van der Waals surface area contributed by atoms with E-state index in [9.17, 15) is 0 Å². The first kappa shape index (κ1) is 36.6. The Balaban J connectivity index is 0.00000873. The van der Waals surface area contributed by atoms with Gasteiger partial charge < -0.3 is 13.9 Å². The summed E-state index contributed by atoms with van der Waals surface area (Å²) in [6, 6.07) is 44.8. The van der Waals surface area contributed by atoms with E-state index >= 15 is 0 Å². The van der Waals surface area contributed by atoms with E-state index in [0.717, 1.165) is 33.2 Å². The molecule has 378 valence electrons. The van der Waals surface area contributed by atoms with Gasteiger partial charge in [0, 0.05) is 62.2 Å². The Morgan fingerprint density at radius 2 is 1.27 bits per heavy atom. The molecule has 0 N–H and O–H groups in total. The Labute approximate surface area is 477 Å². The molecule has 8 aromatic carbocycles. The van der Waals surface area contributed by atoms with Gasteiger partial charge in [-0.25, -0.2) is 4.98 Å². The van der Waals surface area contributed by atoms with Gasteiger partial charge in [-0.05, 0) is 127 Å². The van der Waals surface area contributed by atoms with Crippen LogP contribution in [0, 0.1) is 39.0 Å². The minimum Gasteiger partial charge on any atom is -0.510 e. The summed E-state index contributed by atoms with van der Waals surface area (Å²) >= 11 is 0. The number of hydrogen-bond donors (Lipinski definition) is 0. The number of imidazole rings is 1. The summed E-state index contributed by atoms with van der Waals surface area (Å²) in [6.45, 7) is 11.6. The topological polar surface area (TPSA) is 35.9 Å². The van der Waals surface area contributed by atoms with Gasteiger partial charge in [-0.2, -0.15) is 18.2 Å². The Morgan fingerprint density at radius 1 is 0.573 bits per heavy atom. The van der Waals surface area contributed by atoms with Crippen molar-refractivity contribution in [2.24, 2.45) is 0 Å². The number of rotatable bonds is 8. The first-order valence-corrected chi connectivity index (χ1v) is 24.7. The average Bonchev–Trinajstić information content (AvgIpc) is 1.73. The molecule has 0 fully saturated rings. The van der Waals surface area contributed by atoms with Gasteiger partial charge in [0.1, 0.15) is 5.82 Å². The molecule has 0 aliphatic heterocycles. The van der Waals surface area contributed by atoms with E-state index in [1.807, 2.05) is 57.7 Å². The Bertz CT molecular complexity index is 4540. The third-order valence-electron chi connectivity index (χ3n) is 13.7. The first-order chi connectivity index (χ1) is 41.0. The van der Waals surface area contributed by atoms with Crippen LogP contribution in [-0.4, -0.2) is 14.1 Å². The summed E-state index contributed by atoms with van der Waals surface area (Å²) in [5.41, 5.74) is 7.81. The summed E-state index contributed by atoms with van der Waals surface area (Å²) in [5.74, 6) is 0.685. The van der Waals surface area contributed by atoms with Crippen molar-refractivity contribution in [1.29, 1.82) is 0 Å². The van der Waals surface area contributed by atoms with E-state index in [0.29, 0.717) is 33.3 Å². The zero-order valence-corrected chi connectivity index (χ0v) is 45.6. The second kappa shape index (κ2) is 19.4. The molecule has 11 rings (SSSR count). The SMILES string of the molecule is [2H]c1c([2H])c([2H])c(-c2cnc(-n3c4[c-]c(Oc5[c-]c(-n6[c-][n+](-c7c(-c8cc(C(C)(C)C)cc(C(C)(C)C)c8)cccc7C(C)(C)C)c7ccc(-c8c(C([2H])([2H])[2H])cccc8C([2H])([2H])[2H])cc76)ccc5)ccc4c4ccccc43)cc2C([2H])([2H])[2H])c([2H])c1[2H].[Pt]. The molecule has 3 aromatic heterocycles. The van der Waals surface area contributed by atoms with Crippen LogP contribution >= 0.6 is 0 Å². The summed E-state index contributed by atoms with van der Waals surface area (Å²) in [5, 5.41) is 1.53. The van der Waals surface area contributed by atoms with Crippen molar-refractivity contribution in [2.45, 2.75) is 99.1 Å². The van der Waals surface area contributed by atoms with E-state index < -0.39 is 56.2 Å². The van der Waals surface area contributed by atoms with E-state index in [1.54, 1.807) is 28.8 Å². The number of aromatic nitrogens is 4. The van der Waals surface area contributed by atoms with Gasteiger partial charge in [0.25, 0.3) is 6.33 Å². The van der Waals surface area contributed by atoms with Crippen molar-refractivity contribution in [1.82, 2.24) is 14.1 Å². The van der Waals surface area contributed by atoms with E-state index in [2.05, 4.69) is 117 Å². The zero-order valence-electron chi connectivity index (χ0n) is 57.3. The third kappa shape index (κ3) is 9.57. The van der Waals surface area contributed by atoms with E-state index in [-0.39, 0.29) is 82.6 Å². The van der Waals surface area contributed by atoms with Gasteiger partial charge >= 0.3 is 0 Å². The van der Waals surface area contributed by atoms with Crippen LogP contribution in [-0.2, 0) is 37.3 Å². The number of hydrogen-bond acceptors (Lipinski definition) is 2. The number of nitrogens with zero attached hydrogens (tertiary/aromatic N) is 4. The number of fused-ring (bicyclic) bond motifs is 4. The van der Waals surface area contributed by atoms with Crippen LogP contribution in [0.2, 0.25) is 0 Å². The molecular weight excluding hydrogens is 1100 g/mol. The molecule has 11 aromatic rings. The van der Waals surface area contributed by atoms with Gasteiger partial charge in [-0.3, -0.25) is 4.57 Å². The molecule has 75 heavy (non-hydrogen) atoms. The fourth-order valence-electron chi connectivity index (χ4n) is 9.81. The second-order valence-corrected chi connectivity index (χ2v) is 22.0. The van der Waals surface area contributed by atoms with Crippen LogP contribution in [0.5, 0.6) is 11.5 Å². The van der Waals surface area contributed by atoms with Crippen molar-refractivity contribution in [3.8, 4) is 62.1 Å². The van der Waals surface area contributed by atoms with Crippen LogP contribution < -0.4 is 9.30 Å². The maximum Gasteiger partial charge on any atom is 0.268 e. The summed E-state index contributed by atoms with van der Waals surface area (Å²) < 4.78 is 132. The molecule has 0 amide bonds. The van der Waals surface area contributed by atoms with Gasteiger partial charge in [0.05, 0.1) is 23.6 Å². The minimum atomic E-state index is -2.81. The maximum atomic E-state index is 8.68. The molecule has 0 unspecified atom stereocenters. The first-order valence-electron chi connectivity index (χ1n) is 31.7. The zero-order chi connectivity index (χ0) is 63.7. The quantitative estimate of drug-likeness (QED) is 0.112. The van der Waals surface area contributed by atoms with Gasteiger partial charge in [-0.15, -0.1) is 29.7 Å². The van der Waals surface area contributed by atoms with Crippen LogP contribution in [0.1, 0.15) is 115 Å². The van der Waals surface area contributed by atoms with Crippen LogP contribution in [0.4, 0.5) is 0 Å². The fraction of sp³-hybridized carbons (Fsp3) is 0.217. The number of benzene rings is 8. The molecule has 0 atom stereocenters. The van der Waals surface area contributed by atoms with Gasteiger partial charge in [0.15, 0.2) is 0 Å². The molecule has 0 bridgehead atoms. The normalized spacial score (nSPS) is 15.4. The predicted molar refractivity (Wildman–Crippen MR) is 307 cm³/mol. The van der Waals surface area contributed by atoms with Crippen LogP contribution in [0.3, 0.4) is 0 Å². The molecular formula is C69H64N4OPt-2. The van der Waals surface area contributed by atoms with Gasteiger partial charge in [0.2, 0.25) is 0 Å². The average molecular weight is 1170 g/mol. The summed E-state index contributed by atoms with van der Waals surface area (Å²) in [4.78, 5) is 4.72. The summed E-state index contributed by atoms with van der Waals surface area (Å²) in [7, 11) is 0. The number of ether oxygens (including phenoxy) is 1. The molecule has 0 saturated heterocycles. The molecule has 0 saturated carbocycles. The summed E-state index contributed by atoms with van der Waals surface area (Å²) in [6.07, 6.45) is 4.95. The van der Waals surface area contributed by atoms with Crippen molar-refractivity contribution < 1.29 is 49.6 Å². The number of para-hydroxylation sites is 2. The van der Waals surface area contributed by atoms with Crippen molar-refractivity contribution in [3.05, 3.63) is 222 Å². The van der Waals surface area contributed by atoms with Crippen molar-refractivity contribution >= 4 is 32.8 Å². The van der Waals surface area contributed by atoms with E-state index in [4.69, 9.17) is 28.9 Å². The third-order valence-corrected chi connectivity index (χ3v) is 13.7. The molecule has 0 radical (unpaired) electrons. The Kier molecular flexibility index (Phi) is 9.47. The largest absolute Gasteiger partial charge is 0.510 e. The smallest absolute Gasteiger partial charge is 0.268 e. The molecule has 0 spiro atoms. The second-order valence-electron chi connectivity index (χ2n) is 22.0. The monoisotopic (exact) mass is 1170 g/mol.